The van der Waals surface area contributed by atoms with Crippen molar-refractivity contribution >= 4 is 5.78 Å². The zero-order valence-corrected chi connectivity index (χ0v) is 14.2. The van der Waals surface area contributed by atoms with Crippen molar-refractivity contribution in [3.8, 4) is 6.07 Å². The van der Waals surface area contributed by atoms with E-state index < -0.39 is 37.0 Å². The topological polar surface area (TPSA) is 93.9 Å². The highest BCUT2D eigenvalue weighted by atomic mass is 19.3. The van der Waals surface area contributed by atoms with Crippen molar-refractivity contribution in [3.63, 3.8) is 0 Å². The third-order valence-electron chi connectivity index (χ3n) is 5.15. The molecular weight excluding hydrogens is 330 g/mol. The van der Waals surface area contributed by atoms with Crippen LogP contribution in [-0.2, 0) is 16.1 Å². The lowest BCUT2D eigenvalue weighted by atomic mass is 9.62. The molecule has 2 N–H and O–H groups in total. The number of Topliss-reactive ketones (excluding diaryl/α,β-unsaturated/α-hetero) is 1. The zero-order valence-electron chi connectivity index (χ0n) is 14.2. The van der Waals surface area contributed by atoms with Crippen LogP contribution in [-0.4, -0.2) is 34.3 Å². The predicted molar refractivity (Wildman–Crippen MR) is 84.4 cm³/mol. The van der Waals surface area contributed by atoms with Gasteiger partial charge in [-0.3, -0.25) is 9.48 Å². The third-order valence-corrected chi connectivity index (χ3v) is 5.15. The van der Waals surface area contributed by atoms with Gasteiger partial charge in [-0.15, -0.1) is 0 Å². The lowest BCUT2D eigenvalue weighted by molar-refractivity contribution is -0.163. The molecule has 0 radical (unpaired) electrons. The molecule has 5 atom stereocenters. The fourth-order valence-corrected chi connectivity index (χ4v) is 4.18. The Morgan fingerprint density at radius 2 is 2.24 bits per heavy atom. The smallest absolute Gasteiger partial charge is 0.257 e. The molecule has 2 aliphatic rings. The number of hydrogen-bond acceptors (Lipinski definition) is 5. The average Bonchev–Trinajstić information content (AvgIpc) is 2.91. The minimum atomic E-state index is -2.53. The number of nitrogens with zero attached hydrogens (tertiary/aromatic N) is 3. The van der Waals surface area contributed by atoms with Gasteiger partial charge in [0.1, 0.15) is 18.6 Å². The Balaban J connectivity index is 1.97. The fraction of sp³-hybridized carbons (Fsp3) is 0.706. The molecule has 25 heavy (non-hydrogen) atoms. The molecule has 1 aromatic rings. The van der Waals surface area contributed by atoms with E-state index in [1.54, 1.807) is 0 Å². The number of carbonyl (C=O) groups excluding carboxylic acids is 1. The summed E-state index contributed by atoms with van der Waals surface area (Å²) in [5.41, 5.74) is 6.44. The minimum absolute atomic E-state index is 0.0278. The molecule has 8 heteroatoms. The van der Waals surface area contributed by atoms with Gasteiger partial charge in [-0.05, 0) is 17.4 Å². The van der Waals surface area contributed by atoms with Gasteiger partial charge in [0.05, 0.1) is 30.2 Å². The molecule has 136 valence electrons. The Labute approximate surface area is 144 Å². The number of alkyl halides is 2. The molecule has 0 bridgehead atoms. The number of ketones is 1. The highest BCUT2D eigenvalue weighted by Crippen LogP contribution is 2.49. The van der Waals surface area contributed by atoms with E-state index >= 15 is 0 Å². The number of ether oxygens (including phenoxy) is 1. The zero-order chi connectivity index (χ0) is 18.4. The third kappa shape index (κ3) is 3.44. The predicted octanol–water partition coefficient (Wildman–Crippen LogP) is 2.06. The Hall–Kier alpha value is -1.85. The van der Waals surface area contributed by atoms with Crippen LogP contribution in [0.5, 0.6) is 0 Å². The number of rotatable bonds is 3. The molecule has 1 saturated heterocycles. The molecule has 1 aliphatic heterocycles. The van der Waals surface area contributed by atoms with Crippen molar-refractivity contribution in [2.45, 2.75) is 57.9 Å². The number of hydrogen-bond donors (Lipinski definition) is 1. The molecule has 6 nitrogen and oxygen atoms in total. The minimum Gasteiger partial charge on any atom is -0.358 e. The van der Waals surface area contributed by atoms with Crippen LogP contribution in [0.25, 0.3) is 0 Å². The Morgan fingerprint density at radius 3 is 2.88 bits per heavy atom. The van der Waals surface area contributed by atoms with Crippen molar-refractivity contribution in [1.29, 1.82) is 5.26 Å². The van der Waals surface area contributed by atoms with Gasteiger partial charge in [0, 0.05) is 18.5 Å². The number of halogens is 2. The summed E-state index contributed by atoms with van der Waals surface area (Å²) < 4.78 is 32.1. The van der Waals surface area contributed by atoms with Crippen LogP contribution < -0.4 is 5.73 Å². The van der Waals surface area contributed by atoms with Crippen LogP contribution >= 0.6 is 0 Å². The van der Waals surface area contributed by atoms with Gasteiger partial charge < -0.3 is 10.5 Å². The van der Waals surface area contributed by atoms with Crippen molar-refractivity contribution in [2.75, 3.05) is 0 Å². The highest BCUT2D eigenvalue weighted by Gasteiger charge is 2.53. The summed E-state index contributed by atoms with van der Waals surface area (Å²) in [6, 6.07) is 2.14. The second-order valence-corrected chi connectivity index (χ2v) is 7.74. The van der Waals surface area contributed by atoms with E-state index in [2.05, 4.69) is 11.2 Å². The quantitative estimate of drug-likeness (QED) is 0.899. The monoisotopic (exact) mass is 352 g/mol. The van der Waals surface area contributed by atoms with Crippen LogP contribution in [0.1, 0.15) is 38.2 Å². The van der Waals surface area contributed by atoms with Gasteiger partial charge in [0.25, 0.3) is 6.43 Å². The van der Waals surface area contributed by atoms with Crippen molar-refractivity contribution in [2.24, 2.45) is 23.0 Å². The van der Waals surface area contributed by atoms with Crippen LogP contribution in [0.3, 0.4) is 0 Å². The van der Waals surface area contributed by atoms with Gasteiger partial charge in [-0.1, -0.05) is 13.8 Å². The summed E-state index contributed by atoms with van der Waals surface area (Å²) >= 11 is 0. The summed E-state index contributed by atoms with van der Waals surface area (Å²) in [5, 5.41) is 13.5. The van der Waals surface area contributed by atoms with E-state index in [-0.39, 0.29) is 17.3 Å². The first-order chi connectivity index (χ1) is 11.7. The Kier molecular flexibility index (Phi) is 4.64. The first-order valence-corrected chi connectivity index (χ1v) is 8.36. The maximum absolute atomic E-state index is 12.8. The van der Waals surface area contributed by atoms with Crippen molar-refractivity contribution in [1.82, 2.24) is 9.78 Å². The summed E-state index contributed by atoms with van der Waals surface area (Å²) in [4.78, 5) is 12.8. The molecule has 1 saturated carbocycles. The average molecular weight is 352 g/mol. The first kappa shape index (κ1) is 18.0. The van der Waals surface area contributed by atoms with Crippen LogP contribution in [0.15, 0.2) is 12.4 Å². The van der Waals surface area contributed by atoms with E-state index in [4.69, 9.17) is 10.5 Å². The molecule has 2 fully saturated rings. The molecular formula is C17H22F2N4O2. The fourth-order valence-electron chi connectivity index (χ4n) is 4.18. The number of nitriles is 1. The molecule has 0 aromatic carbocycles. The van der Waals surface area contributed by atoms with Gasteiger partial charge >= 0.3 is 0 Å². The number of aromatic nitrogens is 2. The largest absolute Gasteiger partial charge is 0.358 e. The number of nitrogens with two attached hydrogens (primary N) is 1. The second-order valence-electron chi connectivity index (χ2n) is 7.74. The normalized spacial score (nSPS) is 34.6. The van der Waals surface area contributed by atoms with Gasteiger partial charge in [-0.2, -0.15) is 10.4 Å². The molecule has 0 unspecified atom stereocenters. The first-order valence-electron chi connectivity index (χ1n) is 8.36. The van der Waals surface area contributed by atoms with E-state index in [1.807, 2.05) is 13.8 Å². The SMILES string of the molecule is CC1(C)CC(=O)[C@H]2[C@H](c3cnn(CC(F)F)c3)[C@@H](C#N)[C@@H](N)O[C@H]2C1. The standard InChI is InChI=1S/C17H22F2N4O2/c1-17(2)3-11(24)15-12(4-17)25-16(21)10(5-20)14(15)9-6-22-23(7-9)8-13(18)19/h6-7,10,12-16H,3-4,8,21H2,1-2H3/t10-,12+,14-,15-,16+/m1/s1. The van der Waals surface area contributed by atoms with E-state index in [0.29, 0.717) is 18.4 Å². The highest BCUT2D eigenvalue weighted by molar-refractivity contribution is 5.84. The lowest BCUT2D eigenvalue weighted by Crippen LogP contribution is -2.56. The van der Waals surface area contributed by atoms with Gasteiger partial charge in [0.2, 0.25) is 0 Å². The molecule has 0 spiro atoms. The van der Waals surface area contributed by atoms with Crippen molar-refractivity contribution < 1.29 is 18.3 Å². The van der Waals surface area contributed by atoms with Crippen molar-refractivity contribution in [3.05, 3.63) is 18.0 Å². The second kappa shape index (κ2) is 6.46. The molecule has 1 aromatic heterocycles. The summed E-state index contributed by atoms with van der Waals surface area (Å²) in [7, 11) is 0. The molecule has 1 aliphatic carbocycles. The summed E-state index contributed by atoms with van der Waals surface area (Å²) in [6.07, 6.45) is 0.281. The molecule has 2 heterocycles. The van der Waals surface area contributed by atoms with Gasteiger partial charge in [0.15, 0.2) is 0 Å². The summed E-state index contributed by atoms with van der Waals surface area (Å²) in [5.74, 6) is -1.69. The maximum Gasteiger partial charge on any atom is 0.257 e. The van der Waals surface area contributed by atoms with Gasteiger partial charge in [-0.25, -0.2) is 8.78 Å². The number of fused-ring (bicyclic) bond motifs is 1. The molecule has 3 rings (SSSR count). The van der Waals surface area contributed by atoms with Crippen LogP contribution in [0.2, 0.25) is 0 Å². The molecule has 0 amide bonds. The Bertz CT molecular complexity index is 697. The van der Waals surface area contributed by atoms with E-state index in [0.717, 1.165) is 4.68 Å². The lowest BCUT2D eigenvalue weighted by Gasteiger charge is -2.48. The van der Waals surface area contributed by atoms with E-state index in [9.17, 15) is 18.8 Å². The Morgan fingerprint density at radius 1 is 1.52 bits per heavy atom. The maximum atomic E-state index is 12.8. The van der Waals surface area contributed by atoms with Crippen LogP contribution in [0, 0.1) is 28.6 Å². The summed E-state index contributed by atoms with van der Waals surface area (Å²) in [6.45, 7) is 3.48. The van der Waals surface area contributed by atoms with Crippen LogP contribution in [0.4, 0.5) is 8.78 Å². The number of carbonyl (C=O) groups is 1. The van der Waals surface area contributed by atoms with E-state index in [1.165, 1.54) is 12.4 Å².